The molecule has 0 aromatic rings. The van der Waals surface area contributed by atoms with Crippen molar-refractivity contribution in [1.29, 1.82) is 0 Å². The normalized spacial score (nSPS) is 12.0. The lowest BCUT2D eigenvalue weighted by atomic mass is 10.1. The molecular formula is C8H15F3. The predicted molar refractivity (Wildman–Crippen MR) is 39.4 cm³/mol. The molecule has 0 saturated carbocycles. The molecule has 0 aliphatic carbocycles. The average Bonchev–Trinajstić information content (AvgIpc) is 1.85. The second-order valence-corrected chi connectivity index (χ2v) is 2.78. The number of halogens is 3. The van der Waals surface area contributed by atoms with Gasteiger partial charge < -0.3 is 0 Å². The van der Waals surface area contributed by atoms with Crippen LogP contribution >= 0.6 is 0 Å². The zero-order valence-electron chi connectivity index (χ0n) is 6.88. The molecule has 0 bridgehead atoms. The minimum absolute atomic E-state index is 0.295. The van der Waals surface area contributed by atoms with E-state index in [-0.39, 0.29) is 0 Å². The second-order valence-electron chi connectivity index (χ2n) is 2.78. The molecule has 0 unspecified atom stereocenters. The van der Waals surface area contributed by atoms with E-state index in [0.717, 1.165) is 19.3 Å². The van der Waals surface area contributed by atoms with E-state index in [0.29, 0.717) is 12.8 Å². The third kappa shape index (κ3) is 9.79. The standard InChI is InChI=1S/C8H15F3/c1-2-3-4-5-6-7-8(9,10)11/h2-7H2,1H3. The van der Waals surface area contributed by atoms with Gasteiger partial charge in [-0.3, -0.25) is 0 Å². The van der Waals surface area contributed by atoms with E-state index in [1.54, 1.807) is 0 Å². The van der Waals surface area contributed by atoms with Crippen LogP contribution in [0.2, 0.25) is 0 Å². The van der Waals surface area contributed by atoms with Gasteiger partial charge in [0.1, 0.15) is 0 Å². The summed E-state index contributed by atoms with van der Waals surface area (Å²) in [7, 11) is 0. The van der Waals surface area contributed by atoms with Crippen LogP contribution in [0.25, 0.3) is 0 Å². The molecule has 68 valence electrons. The predicted octanol–water partition coefficient (Wildman–Crippen LogP) is 3.91. The first-order valence-corrected chi connectivity index (χ1v) is 4.13. The van der Waals surface area contributed by atoms with Gasteiger partial charge in [0, 0.05) is 6.42 Å². The topological polar surface area (TPSA) is 0 Å². The lowest BCUT2D eigenvalue weighted by Gasteiger charge is -2.04. The molecule has 0 atom stereocenters. The highest BCUT2D eigenvalue weighted by molar-refractivity contribution is 4.50. The monoisotopic (exact) mass is 168 g/mol. The molecule has 0 aromatic carbocycles. The average molecular weight is 168 g/mol. The van der Waals surface area contributed by atoms with Crippen LogP contribution in [0.1, 0.15) is 45.4 Å². The van der Waals surface area contributed by atoms with Crippen LogP contribution < -0.4 is 0 Å². The van der Waals surface area contributed by atoms with Crippen molar-refractivity contribution < 1.29 is 13.2 Å². The van der Waals surface area contributed by atoms with Crippen LogP contribution in [0.15, 0.2) is 0 Å². The number of rotatable bonds is 5. The van der Waals surface area contributed by atoms with Crippen molar-refractivity contribution >= 4 is 0 Å². The lowest BCUT2D eigenvalue weighted by molar-refractivity contribution is -0.135. The van der Waals surface area contributed by atoms with E-state index in [1.165, 1.54) is 0 Å². The summed E-state index contributed by atoms with van der Waals surface area (Å²) in [6.45, 7) is 2.05. The summed E-state index contributed by atoms with van der Waals surface area (Å²) < 4.78 is 34.7. The summed E-state index contributed by atoms with van der Waals surface area (Å²) in [4.78, 5) is 0. The van der Waals surface area contributed by atoms with E-state index < -0.39 is 12.6 Å². The Balaban J connectivity index is 3.02. The summed E-state index contributed by atoms with van der Waals surface area (Å²) in [5.74, 6) is 0. The smallest absolute Gasteiger partial charge is 0.171 e. The van der Waals surface area contributed by atoms with Gasteiger partial charge in [-0.1, -0.05) is 32.6 Å². The van der Waals surface area contributed by atoms with Crippen LogP contribution in [0.3, 0.4) is 0 Å². The first kappa shape index (κ1) is 10.8. The molecule has 0 spiro atoms. The third-order valence-electron chi connectivity index (χ3n) is 1.56. The molecule has 0 radical (unpaired) electrons. The molecule has 0 heterocycles. The fourth-order valence-corrected chi connectivity index (χ4v) is 0.929. The third-order valence-corrected chi connectivity index (χ3v) is 1.56. The van der Waals surface area contributed by atoms with Gasteiger partial charge in [-0.2, -0.15) is 13.2 Å². The van der Waals surface area contributed by atoms with Gasteiger partial charge in [0.15, 0.2) is 0 Å². The van der Waals surface area contributed by atoms with Gasteiger partial charge in [0.2, 0.25) is 0 Å². The fraction of sp³-hybridized carbons (Fsp3) is 1.00. The van der Waals surface area contributed by atoms with Gasteiger partial charge in [0.25, 0.3) is 0 Å². The highest BCUT2D eigenvalue weighted by atomic mass is 19.4. The summed E-state index contributed by atoms with van der Waals surface area (Å²) in [6, 6.07) is 0. The van der Waals surface area contributed by atoms with Crippen molar-refractivity contribution in [3.8, 4) is 0 Å². The van der Waals surface area contributed by atoms with Gasteiger partial charge in [-0.15, -0.1) is 0 Å². The van der Waals surface area contributed by atoms with Crippen molar-refractivity contribution in [3.05, 3.63) is 0 Å². The molecule has 0 amide bonds. The zero-order chi connectivity index (χ0) is 8.74. The maximum Gasteiger partial charge on any atom is 0.389 e. The Bertz CT molecular complexity index is 85.8. The fourth-order valence-electron chi connectivity index (χ4n) is 0.929. The Kier molecular flexibility index (Phi) is 5.34. The molecule has 0 aliphatic heterocycles. The van der Waals surface area contributed by atoms with Crippen LogP contribution in [0.5, 0.6) is 0 Å². The van der Waals surface area contributed by atoms with Crippen molar-refractivity contribution in [1.82, 2.24) is 0 Å². The molecule has 0 saturated heterocycles. The lowest BCUT2D eigenvalue weighted by Crippen LogP contribution is -2.06. The Morgan fingerprint density at radius 3 is 1.91 bits per heavy atom. The Hall–Kier alpha value is -0.210. The van der Waals surface area contributed by atoms with Crippen LogP contribution in [-0.4, -0.2) is 6.18 Å². The molecular weight excluding hydrogens is 153 g/mol. The van der Waals surface area contributed by atoms with Gasteiger partial charge in [-0.05, 0) is 6.42 Å². The number of hydrogen-bond donors (Lipinski definition) is 0. The van der Waals surface area contributed by atoms with Crippen molar-refractivity contribution in [2.24, 2.45) is 0 Å². The Labute approximate surface area is 65.8 Å². The summed E-state index contributed by atoms with van der Waals surface area (Å²) in [6.07, 6.45) is -0.490. The van der Waals surface area contributed by atoms with Gasteiger partial charge in [0.05, 0.1) is 0 Å². The second kappa shape index (κ2) is 5.44. The molecule has 11 heavy (non-hydrogen) atoms. The van der Waals surface area contributed by atoms with Crippen molar-refractivity contribution in [3.63, 3.8) is 0 Å². The van der Waals surface area contributed by atoms with Crippen LogP contribution in [0.4, 0.5) is 13.2 Å². The van der Waals surface area contributed by atoms with E-state index in [9.17, 15) is 13.2 Å². The van der Waals surface area contributed by atoms with Crippen molar-refractivity contribution in [2.45, 2.75) is 51.6 Å². The zero-order valence-corrected chi connectivity index (χ0v) is 6.88. The molecule has 0 fully saturated rings. The number of alkyl halides is 3. The maximum absolute atomic E-state index is 11.6. The summed E-state index contributed by atoms with van der Waals surface area (Å²) >= 11 is 0. The highest BCUT2D eigenvalue weighted by Gasteiger charge is 2.25. The number of unbranched alkanes of at least 4 members (excludes halogenated alkanes) is 4. The first-order valence-electron chi connectivity index (χ1n) is 4.13. The molecule has 0 rings (SSSR count). The Morgan fingerprint density at radius 2 is 1.45 bits per heavy atom. The molecule has 0 aliphatic rings. The molecule has 0 aromatic heterocycles. The van der Waals surface area contributed by atoms with E-state index >= 15 is 0 Å². The van der Waals surface area contributed by atoms with Crippen LogP contribution in [-0.2, 0) is 0 Å². The first-order chi connectivity index (χ1) is 5.06. The Morgan fingerprint density at radius 1 is 0.909 bits per heavy atom. The SMILES string of the molecule is CCCCCCCC(F)(F)F. The number of hydrogen-bond acceptors (Lipinski definition) is 0. The highest BCUT2D eigenvalue weighted by Crippen LogP contribution is 2.22. The van der Waals surface area contributed by atoms with Crippen LogP contribution in [0, 0.1) is 0 Å². The minimum Gasteiger partial charge on any atom is -0.171 e. The maximum atomic E-state index is 11.6. The van der Waals surface area contributed by atoms with E-state index in [4.69, 9.17) is 0 Å². The summed E-state index contributed by atoms with van der Waals surface area (Å²) in [5.41, 5.74) is 0. The minimum atomic E-state index is -3.95. The largest absolute Gasteiger partial charge is 0.389 e. The van der Waals surface area contributed by atoms with E-state index in [2.05, 4.69) is 0 Å². The molecule has 0 N–H and O–H groups in total. The quantitative estimate of drug-likeness (QED) is 0.546. The molecule has 0 nitrogen and oxygen atoms in total. The van der Waals surface area contributed by atoms with E-state index in [1.807, 2.05) is 6.92 Å². The van der Waals surface area contributed by atoms with Crippen molar-refractivity contribution in [2.75, 3.05) is 0 Å². The van der Waals surface area contributed by atoms with Gasteiger partial charge >= 0.3 is 6.18 Å². The van der Waals surface area contributed by atoms with Gasteiger partial charge in [-0.25, -0.2) is 0 Å². The summed E-state index contributed by atoms with van der Waals surface area (Å²) in [5, 5.41) is 0. The molecule has 3 heteroatoms.